The first-order valence-corrected chi connectivity index (χ1v) is 3.98. The molecule has 1 N–H and O–H groups in total. The van der Waals surface area contributed by atoms with Crippen LogP contribution in [0.15, 0.2) is 29.2 Å². The van der Waals surface area contributed by atoms with Gasteiger partial charge in [-0.2, -0.15) is 0 Å². The zero-order valence-corrected chi connectivity index (χ0v) is 9.31. The molecule has 4 heteroatoms. The van der Waals surface area contributed by atoms with E-state index < -0.39 is 11.1 Å². The largest absolute Gasteiger partial charge is 2.00 e. The molecule has 1 aromatic carbocycles. The number of rotatable bonds is 1. The van der Waals surface area contributed by atoms with Gasteiger partial charge in [-0.15, -0.1) is 0 Å². The van der Waals surface area contributed by atoms with Crippen LogP contribution in [0, 0.1) is 6.92 Å². The van der Waals surface area contributed by atoms with Crippen LogP contribution in [0.5, 0.6) is 0 Å². The molecular formula is C7H10CaO2S. The van der Waals surface area contributed by atoms with Crippen molar-refractivity contribution in [3.63, 3.8) is 0 Å². The summed E-state index contributed by atoms with van der Waals surface area (Å²) in [5, 5.41) is 0. The second-order valence-electron chi connectivity index (χ2n) is 2.06. The average Bonchev–Trinajstić information content (AvgIpc) is 1.88. The summed E-state index contributed by atoms with van der Waals surface area (Å²) >= 11 is -1.84. The van der Waals surface area contributed by atoms with Gasteiger partial charge in [-0.05, 0) is 19.1 Å². The van der Waals surface area contributed by atoms with Gasteiger partial charge < -0.3 is 7.41 Å². The summed E-state index contributed by atoms with van der Waals surface area (Å²) in [4.78, 5) is 0.450. The van der Waals surface area contributed by atoms with Crippen LogP contribution in [0.4, 0.5) is 0 Å². The Balaban J connectivity index is -0.000000333. The van der Waals surface area contributed by atoms with E-state index in [0.29, 0.717) is 4.90 Å². The summed E-state index contributed by atoms with van der Waals surface area (Å²) in [5.41, 5.74) is 1.09. The molecule has 0 radical (unpaired) electrons. The van der Waals surface area contributed by atoms with Crippen LogP contribution in [0.1, 0.15) is 8.42 Å². The summed E-state index contributed by atoms with van der Waals surface area (Å²) < 4.78 is 19.0. The molecule has 0 amide bonds. The standard InChI is InChI=1S/C7H8O2S.Ca.2H/c1-6-2-4-7(5-3-6)10(8)9;;;/h2-5H,1H3,(H,8,9);;;/q;+2;2*-1. The maximum atomic E-state index is 10.4. The maximum Gasteiger partial charge on any atom is 2.00 e. The molecule has 0 bridgehead atoms. The Hall–Kier alpha value is 0.590. The molecule has 1 atom stereocenters. The molecular weight excluding hydrogens is 188 g/mol. The van der Waals surface area contributed by atoms with Crippen molar-refractivity contribution >= 4 is 48.8 Å². The van der Waals surface area contributed by atoms with Gasteiger partial charge in [0.2, 0.25) is 0 Å². The van der Waals surface area contributed by atoms with E-state index in [4.69, 9.17) is 4.55 Å². The molecule has 0 aliphatic carbocycles. The number of benzene rings is 1. The Morgan fingerprint density at radius 1 is 1.36 bits per heavy atom. The summed E-state index contributed by atoms with van der Waals surface area (Å²) in [7, 11) is 0. The molecule has 1 aromatic rings. The summed E-state index contributed by atoms with van der Waals surface area (Å²) in [5.74, 6) is 0. The van der Waals surface area contributed by atoms with Crippen molar-refractivity contribution in [1.82, 2.24) is 0 Å². The van der Waals surface area contributed by atoms with Crippen LogP contribution in [0.2, 0.25) is 0 Å². The van der Waals surface area contributed by atoms with Crippen LogP contribution < -0.4 is 0 Å². The number of hydrogen-bond donors (Lipinski definition) is 1. The first kappa shape index (κ1) is 11.6. The molecule has 0 aromatic heterocycles. The SMILES string of the molecule is Cc1ccc(S(=O)O)cc1.[Ca+2].[H-].[H-]. The van der Waals surface area contributed by atoms with Gasteiger partial charge in [-0.1, -0.05) is 17.7 Å². The Labute approximate surface area is 101 Å². The second-order valence-corrected chi connectivity index (χ2v) is 3.03. The van der Waals surface area contributed by atoms with Gasteiger partial charge in [0.25, 0.3) is 0 Å². The fourth-order valence-corrected chi connectivity index (χ4v) is 1.02. The predicted molar refractivity (Wildman–Crippen MR) is 48.2 cm³/mol. The normalized spacial score (nSPS) is 11.8. The van der Waals surface area contributed by atoms with Crippen LogP contribution in [0.3, 0.4) is 0 Å². The zero-order chi connectivity index (χ0) is 7.56. The minimum Gasteiger partial charge on any atom is -1.00 e. The monoisotopic (exact) mass is 198 g/mol. The summed E-state index contributed by atoms with van der Waals surface area (Å²) in [6.07, 6.45) is 0. The van der Waals surface area contributed by atoms with Gasteiger partial charge in [0.05, 0.1) is 4.90 Å². The molecule has 0 aliphatic heterocycles. The van der Waals surface area contributed by atoms with Crippen molar-refractivity contribution in [3.05, 3.63) is 29.8 Å². The molecule has 0 aliphatic rings. The van der Waals surface area contributed by atoms with E-state index in [1.165, 1.54) is 0 Å². The van der Waals surface area contributed by atoms with E-state index in [9.17, 15) is 4.21 Å². The van der Waals surface area contributed by atoms with Crippen molar-refractivity contribution < 1.29 is 11.6 Å². The van der Waals surface area contributed by atoms with E-state index in [-0.39, 0.29) is 40.6 Å². The predicted octanol–water partition coefficient (Wildman–Crippen LogP) is 1.42. The average molecular weight is 198 g/mol. The van der Waals surface area contributed by atoms with Gasteiger partial charge in [0, 0.05) is 0 Å². The molecule has 11 heavy (non-hydrogen) atoms. The molecule has 2 nitrogen and oxygen atoms in total. The molecule has 0 saturated carbocycles. The van der Waals surface area contributed by atoms with E-state index in [2.05, 4.69) is 0 Å². The number of aryl methyl sites for hydroxylation is 1. The first-order chi connectivity index (χ1) is 4.70. The quantitative estimate of drug-likeness (QED) is 0.547. The van der Waals surface area contributed by atoms with Gasteiger partial charge in [0.1, 0.15) is 0 Å². The van der Waals surface area contributed by atoms with E-state index in [1.807, 2.05) is 19.1 Å². The minimum atomic E-state index is -1.84. The van der Waals surface area contributed by atoms with Crippen molar-refractivity contribution in [3.8, 4) is 0 Å². The Kier molecular flexibility index (Phi) is 5.56. The van der Waals surface area contributed by atoms with Crippen molar-refractivity contribution in [2.75, 3.05) is 0 Å². The fourth-order valence-electron chi connectivity index (χ4n) is 0.655. The van der Waals surface area contributed by atoms with Crippen LogP contribution in [0.25, 0.3) is 0 Å². The van der Waals surface area contributed by atoms with Crippen molar-refractivity contribution in [1.29, 1.82) is 0 Å². The third-order valence-corrected chi connectivity index (χ3v) is 1.90. The van der Waals surface area contributed by atoms with Crippen LogP contribution >= 0.6 is 0 Å². The Bertz CT molecular complexity index is 253. The van der Waals surface area contributed by atoms with Gasteiger partial charge in [0.15, 0.2) is 11.1 Å². The fraction of sp³-hybridized carbons (Fsp3) is 0.143. The molecule has 0 heterocycles. The Morgan fingerprint density at radius 2 is 1.82 bits per heavy atom. The topological polar surface area (TPSA) is 37.3 Å². The van der Waals surface area contributed by atoms with Gasteiger partial charge in [-0.3, -0.25) is 0 Å². The van der Waals surface area contributed by atoms with Crippen molar-refractivity contribution in [2.45, 2.75) is 11.8 Å². The molecule has 58 valence electrons. The number of hydrogen-bond acceptors (Lipinski definition) is 1. The molecule has 0 saturated heterocycles. The molecule has 0 spiro atoms. The van der Waals surface area contributed by atoms with Crippen LogP contribution in [-0.2, 0) is 11.1 Å². The van der Waals surface area contributed by atoms with Crippen molar-refractivity contribution in [2.24, 2.45) is 0 Å². The third kappa shape index (κ3) is 3.67. The molecule has 1 rings (SSSR count). The first-order valence-electron chi connectivity index (χ1n) is 2.87. The van der Waals surface area contributed by atoms with E-state index in [1.54, 1.807) is 12.1 Å². The summed E-state index contributed by atoms with van der Waals surface area (Å²) in [6, 6.07) is 6.91. The summed E-state index contributed by atoms with van der Waals surface area (Å²) in [6.45, 7) is 1.93. The second kappa shape index (κ2) is 5.27. The zero-order valence-electron chi connectivity index (χ0n) is 8.28. The van der Waals surface area contributed by atoms with Gasteiger partial charge in [-0.25, -0.2) is 4.21 Å². The van der Waals surface area contributed by atoms with E-state index >= 15 is 0 Å². The van der Waals surface area contributed by atoms with Gasteiger partial charge >= 0.3 is 37.7 Å². The van der Waals surface area contributed by atoms with E-state index in [0.717, 1.165) is 5.56 Å². The minimum absolute atomic E-state index is 0. The maximum absolute atomic E-state index is 10.4. The Morgan fingerprint density at radius 3 is 2.18 bits per heavy atom. The smallest absolute Gasteiger partial charge is 1.00 e. The third-order valence-electron chi connectivity index (χ3n) is 1.22. The van der Waals surface area contributed by atoms with Crippen LogP contribution in [-0.4, -0.2) is 46.5 Å². The molecule has 1 unspecified atom stereocenters. The molecule has 0 fully saturated rings.